The third-order valence-corrected chi connectivity index (χ3v) is 4.71. The normalized spacial score (nSPS) is 22.9. The van der Waals surface area contributed by atoms with Gasteiger partial charge < -0.3 is 11.1 Å². The van der Waals surface area contributed by atoms with Crippen LogP contribution in [0.1, 0.15) is 32.6 Å². The van der Waals surface area contributed by atoms with Gasteiger partial charge in [-0.1, -0.05) is 32.3 Å². The van der Waals surface area contributed by atoms with Crippen molar-refractivity contribution in [2.45, 2.75) is 32.6 Å². The first-order chi connectivity index (χ1) is 9.75. The van der Waals surface area contributed by atoms with Crippen molar-refractivity contribution in [2.75, 3.05) is 17.6 Å². The van der Waals surface area contributed by atoms with E-state index in [1.165, 1.54) is 25.7 Å². The topological polar surface area (TPSA) is 50.9 Å². The molecule has 20 heavy (non-hydrogen) atoms. The maximum absolute atomic E-state index is 6.28. The van der Waals surface area contributed by atoms with Gasteiger partial charge in [0.15, 0.2) is 0 Å². The van der Waals surface area contributed by atoms with Crippen molar-refractivity contribution in [3.8, 4) is 0 Å². The minimum absolute atomic E-state index is 0.774. The molecule has 3 nitrogen and oxygen atoms in total. The van der Waals surface area contributed by atoms with E-state index in [4.69, 9.17) is 5.73 Å². The molecule has 1 aliphatic rings. The lowest BCUT2D eigenvalue weighted by Gasteiger charge is -2.29. The fraction of sp³-hybridized carbons (Fsp3) is 0.471. The van der Waals surface area contributed by atoms with Crippen LogP contribution in [0, 0.1) is 11.8 Å². The lowest BCUT2D eigenvalue weighted by atomic mass is 9.80. The molecule has 0 bridgehead atoms. The summed E-state index contributed by atoms with van der Waals surface area (Å²) >= 11 is 0. The third-order valence-electron chi connectivity index (χ3n) is 4.71. The van der Waals surface area contributed by atoms with Crippen LogP contribution >= 0.6 is 0 Å². The summed E-state index contributed by atoms with van der Waals surface area (Å²) in [5, 5.41) is 5.74. The molecular formula is C17H23N3. The molecule has 1 aliphatic carbocycles. The summed E-state index contributed by atoms with van der Waals surface area (Å²) in [6.07, 6.45) is 9.12. The van der Waals surface area contributed by atoms with Crippen LogP contribution in [0.3, 0.4) is 0 Å². The van der Waals surface area contributed by atoms with E-state index in [1.54, 1.807) is 6.20 Å². The van der Waals surface area contributed by atoms with Crippen LogP contribution in [0.2, 0.25) is 0 Å². The van der Waals surface area contributed by atoms with Crippen LogP contribution in [-0.2, 0) is 0 Å². The molecule has 1 fully saturated rings. The number of fused-ring (bicyclic) bond motifs is 1. The Bertz CT molecular complexity index is 594. The zero-order valence-corrected chi connectivity index (χ0v) is 12.1. The smallest absolute Gasteiger partial charge is 0.0630 e. The first-order valence-electron chi connectivity index (χ1n) is 7.62. The predicted molar refractivity (Wildman–Crippen MR) is 85.8 cm³/mol. The van der Waals surface area contributed by atoms with Crippen molar-refractivity contribution in [1.82, 2.24) is 4.98 Å². The highest BCUT2D eigenvalue weighted by Crippen LogP contribution is 2.32. The summed E-state index contributed by atoms with van der Waals surface area (Å²) in [4.78, 5) is 4.14. The quantitative estimate of drug-likeness (QED) is 0.826. The minimum Gasteiger partial charge on any atom is -0.397 e. The van der Waals surface area contributed by atoms with Gasteiger partial charge in [-0.2, -0.15) is 0 Å². The van der Waals surface area contributed by atoms with Crippen molar-refractivity contribution >= 4 is 22.1 Å². The van der Waals surface area contributed by atoms with E-state index in [-0.39, 0.29) is 0 Å². The van der Waals surface area contributed by atoms with Gasteiger partial charge in [-0.25, -0.2) is 0 Å². The highest BCUT2D eigenvalue weighted by atomic mass is 14.9. The van der Waals surface area contributed by atoms with Gasteiger partial charge in [-0.3, -0.25) is 4.98 Å². The molecule has 3 N–H and O–H groups in total. The predicted octanol–water partition coefficient (Wildman–Crippen LogP) is 4.06. The van der Waals surface area contributed by atoms with E-state index in [0.717, 1.165) is 40.5 Å². The summed E-state index contributed by atoms with van der Waals surface area (Å²) in [6, 6.07) is 6.15. The molecule has 0 radical (unpaired) electrons. The molecule has 106 valence electrons. The fourth-order valence-electron chi connectivity index (χ4n) is 3.28. The molecule has 3 heteroatoms. The highest BCUT2D eigenvalue weighted by molar-refractivity contribution is 5.98. The SMILES string of the molecule is CC1CCCCC1CNc1ccc2cnccc2c1N. The average Bonchev–Trinajstić information content (AvgIpc) is 2.48. The number of anilines is 2. The second-order valence-corrected chi connectivity index (χ2v) is 6.03. The van der Waals surface area contributed by atoms with E-state index in [2.05, 4.69) is 29.4 Å². The maximum Gasteiger partial charge on any atom is 0.0630 e. The van der Waals surface area contributed by atoms with E-state index in [0.29, 0.717) is 0 Å². The van der Waals surface area contributed by atoms with Crippen LogP contribution in [0.5, 0.6) is 0 Å². The monoisotopic (exact) mass is 269 g/mol. The molecule has 1 aromatic carbocycles. The summed E-state index contributed by atoms with van der Waals surface area (Å²) in [7, 11) is 0. The van der Waals surface area contributed by atoms with Crippen LogP contribution in [0.15, 0.2) is 30.6 Å². The highest BCUT2D eigenvalue weighted by Gasteiger charge is 2.21. The summed E-state index contributed by atoms with van der Waals surface area (Å²) in [5.41, 5.74) is 8.18. The second-order valence-electron chi connectivity index (χ2n) is 6.03. The summed E-state index contributed by atoms with van der Waals surface area (Å²) in [6.45, 7) is 3.41. The molecule has 2 aromatic rings. The molecule has 0 amide bonds. The molecule has 1 heterocycles. The summed E-state index contributed by atoms with van der Waals surface area (Å²) < 4.78 is 0. The van der Waals surface area contributed by atoms with Gasteiger partial charge in [-0.05, 0) is 30.4 Å². The molecule has 0 saturated heterocycles. The number of nitrogens with two attached hydrogens (primary N) is 1. The van der Waals surface area contributed by atoms with Crippen molar-refractivity contribution in [3.05, 3.63) is 30.6 Å². The van der Waals surface area contributed by atoms with Gasteiger partial charge in [0, 0.05) is 29.7 Å². The number of aromatic nitrogens is 1. The number of pyridine rings is 1. The zero-order chi connectivity index (χ0) is 13.9. The molecule has 1 saturated carbocycles. The largest absolute Gasteiger partial charge is 0.397 e. The Balaban J connectivity index is 1.75. The Morgan fingerprint density at radius 3 is 2.95 bits per heavy atom. The first kappa shape index (κ1) is 13.2. The first-order valence-corrected chi connectivity index (χ1v) is 7.62. The second kappa shape index (κ2) is 5.70. The standard InChI is InChI=1S/C17H23N3/c1-12-4-2-3-5-13(12)11-20-16-7-6-14-10-19-9-8-15(14)17(16)18/h6-10,12-13,20H,2-5,11,18H2,1H3. The molecule has 0 aliphatic heterocycles. The third kappa shape index (κ3) is 2.58. The zero-order valence-electron chi connectivity index (χ0n) is 12.1. The minimum atomic E-state index is 0.774. The molecule has 3 rings (SSSR count). The van der Waals surface area contributed by atoms with Crippen LogP contribution in [0.25, 0.3) is 10.8 Å². The number of nitrogens with zero attached hydrogens (tertiary/aromatic N) is 1. The van der Waals surface area contributed by atoms with Crippen molar-refractivity contribution < 1.29 is 0 Å². The molecule has 1 aromatic heterocycles. The molecule has 0 spiro atoms. The van der Waals surface area contributed by atoms with Crippen molar-refractivity contribution in [3.63, 3.8) is 0 Å². The average molecular weight is 269 g/mol. The molecular weight excluding hydrogens is 246 g/mol. The van der Waals surface area contributed by atoms with Crippen LogP contribution < -0.4 is 11.1 Å². The van der Waals surface area contributed by atoms with E-state index < -0.39 is 0 Å². The van der Waals surface area contributed by atoms with Gasteiger partial charge in [0.05, 0.1) is 11.4 Å². The molecule has 2 unspecified atom stereocenters. The summed E-state index contributed by atoms with van der Waals surface area (Å²) in [5.74, 6) is 1.60. The molecule has 2 atom stereocenters. The van der Waals surface area contributed by atoms with Crippen LogP contribution in [0.4, 0.5) is 11.4 Å². The van der Waals surface area contributed by atoms with Crippen molar-refractivity contribution in [1.29, 1.82) is 0 Å². The Hall–Kier alpha value is -1.77. The Morgan fingerprint density at radius 2 is 2.10 bits per heavy atom. The van der Waals surface area contributed by atoms with E-state index >= 15 is 0 Å². The van der Waals surface area contributed by atoms with Gasteiger partial charge >= 0.3 is 0 Å². The lowest BCUT2D eigenvalue weighted by Crippen LogP contribution is -2.24. The van der Waals surface area contributed by atoms with Gasteiger partial charge in [-0.15, -0.1) is 0 Å². The number of nitrogens with one attached hydrogen (secondary N) is 1. The van der Waals surface area contributed by atoms with Crippen molar-refractivity contribution in [2.24, 2.45) is 11.8 Å². The number of hydrogen-bond acceptors (Lipinski definition) is 3. The lowest BCUT2D eigenvalue weighted by molar-refractivity contribution is 0.268. The Kier molecular flexibility index (Phi) is 3.77. The van der Waals surface area contributed by atoms with Gasteiger partial charge in [0.2, 0.25) is 0 Å². The number of hydrogen-bond donors (Lipinski definition) is 2. The van der Waals surface area contributed by atoms with Gasteiger partial charge in [0.25, 0.3) is 0 Å². The fourth-order valence-corrected chi connectivity index (χ4v) is 3.28. The van der Waals surface area contributed by atoms with E-state index in [1.807, 2.05) is 12.3 Å². The number of nitrogen functional groups attached to an aromatic ring is 1. The van der Waals surface area contributed by atoms with E-state index in [9.17, 15) is 0 Å². The Morgan fingerprint density at radius 1 is 1.25 bits per heavy atom. The Labute approximate surface area is 120 Å². The van der Waals surface area contributed by atoms with Crippen LogP contribution in [-0.4, -0.2) is 11.5 Å². The number of rotatable bonds is 3. The van der Waals surface area contributed by atoms with Gasteiger partial charge in [0.1, 0.15) is 0 Å². The number of benzene rings is 1. The maximum atomic E-state index is 6.28.